The minimum Gasteiger partial charge on any atom is -0.383 e. The lowest BCUT2D eigenvalue weighted by atomic mass is 9.86. The molecule has 1 saturated carbocycles. The molecule has 4 rings (SSSR count). The predicted molar refractivity (Wildman–Crippen MR) is 120 cm³/mol. The van der Waals surface area contributed by atoms with Crippen molar-refractivity contribution in [2.45, 2.75) is 52.1 Å². The van der Waals surface area contributed by atoms with Gasteiger partial charge in [0.25, 0.3) is 0 Å². The van der Waals surface area contributed by atoms with E-state index in [0.29, 0.717) is 17.8 Å². The van der Waals surface area contributed by atoms with Gasteiger partial charge < -0.3 is 20.9 Å². The van der Waals surface area contributed by atoms with Crippen LogP contribution >= 0.6 is 0 Å². The first-order valence-corrected chi connectivity index (χ1v) is 10.6. The highest BCUT2D eigenvalue weighted by Gasteiger charge is 2.22. The van der Waals surface area contributed by atoms with Crippen molar-refractivity contribution in [3.8, 4) is 0 Å². The third-order valence-electron chi connectivity index (χ3n) is 6.33. The van der Waals surface area contributed by atoms with Gasteiger partial charge in [0, 0.05) is 48.0 Å². The summed E-state index contributed by atoms with van der Waals surface area (Å²) in [6, 6.07) is 9.05. The average Bonchev–Trinajstić information content (AvgIpc) is 3.03. The molecule has 0 amide bonds. The Labute approximate surface area is 172 Å². The lowest BCUT2D eigenvalue weighted by molar-refractivity contribution is 0.324. The van der Waals surface area contributed by atoms with Gasteiger partial charge in [-0.1, -0.05) is 18.2 Å². The molecule has 1 fully saturated rings. The predicted octanol–water partition coefficient (Wildman–Crippen LogP) is 3.93. The van der Waals surface area contributed by atoms with Crippen LogP contribution in [0, 0.1) is 19.8 Å². The molecule has 2 aromatic heterocycles. The first-order chi connectivity index (χ1) is 14.0. The first-order valence-electron chi connectivity index (χ1n) is 10.6. The van der Waals surface area contributed by atoms with E-state index in [4.69, 9.17) is 5.73 Å². The second-order valence-electron chi connectivity index (χ2n) is 8.42. The highest BCUT2D eigenvalue weighted by molar-refractivity contribution is 5.83. The molecule has 6 heteroatoms. The molecule has 154 valence electrons. The Morgan fingerprint density at radius 1 is 1.10 bits per heavy atom. The molecule has 4 N–H and O–H groups in total. The Balaban J connectivity index is 1.25. The van der Waals surface area contributed by atoms with Gasteiger partial charge in [-0.3, -0.25) is 0 Å². The van der Waals surface area contributed by atoms with Crippen LogP contribution in [-0.2, 0) is 13.6 Å². The largest absolute Gasteiger partial charge is 0.383 e. The molecule has 1 aliphatic carbocycles. The van der Waals surface area contributed by atoms with E-state index in [1.807, 2.05) is 13.8 Å². The third-order valence-corrected chi connectivity index (χ3v) is 6.33. The maximum atomic E-state index is 5.99. The van der Waals surface area contributed by atoms with Gasteiger partial charge in [-0.2, -0.15) is 4.98 Å². The van der Waals surface area contributed by atoms with Crippen molar-refractivity contribution < 1.29 is 0 Å². The second-order valence-corrected chi connectivity index (χ2v) is 8.42. The van der Waals surface area contributed by atoms with E-state index in [2.05, 4.69) is 62.7 Å². The number of aromatic nitrogens is 3. The fraction of sp³-hybridized carbons (Fsp3) is 0.478. The van der Waals surface area contributed by atoms with Crippen LogP contribution in [0.25, 0.3) is 10.9 Å². The van der Waals surface area contributed by atoms with Gasteiger partial charge in [0.1, 0.15) is 5.82 Å². The summed E-state index contributed by atoms with van der Waals surface area (Å²) in [4.78, 5) is 8.94. The van der Waals surface area contributed by atoms with E-state index in [0.717, 1.165) is 43.1 Å². The summed E-state index contributed by atoms with van der Waals surface area (Å²) in [6.07, 6.45) is 6.99. The number of fused-ring (bicyclic) bond motifs is 1. The number of nitrogens with one attached hydrogen (secondary N) is 2. The van der Waals surface area contributed by atoms with Crippen molar-refractivity contribution in [1.29, 1.82) is 0 Å². The number of hydrogen-bond acceptors (Lipinski definition) is 5. The van der Waals surface area contributed by atoms with Crippen molar-refractivity contribution in [3.63, 3.8) is 0 Å². The van der Waals surface area contributed by atoms with Gasteiger partial charge in [0.15, 0.2) is 0 Å². The highest BCUT2D eigenvalue weighted by atomic mass is 15.1. The molecule has 1 aromatic carbocycles. The summed E-state index contributed by atoms with van der Waals surface area (Å²) in [6.45, 7) is 5.94. The van der Waals surface area contributed by atoms with E-state index in [9.17, 15) is 0 Å². The summed E-state index contributed by atoms with van der Waals surface area (Å²) >= 11 is 0. The Bertz CT molecular complexity index is 961. The summed E-state index contributed by atoms with van der Waals surface area (Å²) in [7, 11) is 2.12. The normalized spacial score (nSPS) is 19.6. The van der Waals surface area contributed by atoms with Crippen LogP contribution in [-0.4, -0.2) is 27.1 Å². The van der Waals surface area contributed by atoms with E-state index in [1.54, 1.807) is 0 Å². The monoisotopic (exact) mass is 392 g/mol. The summed E-state index contributed by atoms with van der Waals surface area (Å²) in [5, 5.41) is 8.53. The first kappa shape index (κ1) is 19.7. The lowest BCUT2D eigenvalue weighted by Crippen LogP contribution is -2.31. The van der Waals surface area contributed by atoms with E-state index in [1.165, 1.54) is 29.3 Å². The molecule has 0 unspecified atom stereocenters. The van der Waals surface area contributed by atoms with E-state index >= 15 is 0 Å². The van der Waals surface area contributed by atoms with Crippen molar-refractivity contribution >= 4 is 22.7 Å². The number of aryl methyl sites for hydroxylation is 2. The molecule has 0 radical (unpaired) electrons. The van der Waals surface area contributed by atoms with Crippen LogP contribution in [0.1, 0.15) is 42.5 Å². The van der Waals surface area contributed by atoms with Crippen molar-refractivity contribution in [2.75, 3.05) is 17.6 Å². The molecule has 6 nitrogen and oxygen atoms in total. The highest BCUT2D eigenvalue weighted by Crippen LogP contribution is 2.26. The molecule has 1 aliphatic rings. The zero-order valence-corrected chi connectivity index (χ0v) is 17.7. The standard InChI is InChI=1S/C23H32N6/c1-15-16(2)26-23(28-22(15)24)27-19-10-8-17(9-11-19)12-25-13-18-14-29(3)21-7-5-4-6-20(18)21/h4-7,14,17,19,25H,8-13H2,1-3H3,(H3,24,26,27,28)/t17-,19+. The van der Waals surface area contributed by atoms with Crippen LogP contribution in [0.4, 0.5) is 11.8 Å². The Kier molecular flexibility index (Phi) is 5.72. The quantitative estimate of drug-likeness (QED) is 0.592. The molecule has 0 atom stereocenters. The molecular formula is C23H32N6. The molecule has 0 spiro atoms. The fourth-order valence-electron chi connectivity index (χ4n) is 4.39. The molecular weight excluding hydrogens is 360 g/mol. The molecule has 0 aliphatic heterocycles. The number of anilines is 2. The average molecular weight is 393 g/mol. The van der Waals surface area contributed by atoms with Gasteiger partial charge in [-0.05, 0) is 63.6 Å². The second kappa shape index (κ2) is 8.41. The number of para-hydroxylation sites is 1. The maximum absolute atomic E-state index is 5.99. The number of benzene rings is 1. The maximum Gasteiger partial charge on any atom is 0.225 e. The van der Waals surface area contributed by atoms with Crippen molar-refractivity contribution in [2.24, 2.45) is 13.0 Å². The van der Waals surface area contributed by atoms with Crippen LogP contribution in [0.3, 0.4) is 0 Å². The van der Waals surface area contributed by atoms with Crippen molar-refractivity contribution in [3.05, 3.63) is 47.3 Å². The molecule has 3 aromatic rings. The number of nitrogens with two attached hydrogens (primary N) is 1. The number of nitrogen functional groups attached to an aromatic ring is 1. The summed E-state index contributed by atoms with van der Waals surface area (Å²) < 4.78 is 2.21. The van der Waals surface area contributed by atoms with Crippen LogP contribution in [0.5, 0.6) is 0 Å². The topological polar surface area (TPSA) is 80.8 Å². The molecule has 2 heterocycles. The van der Waals surface area contributed by atoms with Crippen LogP contribution in [0.2, 0.25) is 0 Å². The van der Waals surface area contributed by atoms with Crippen LogP contribution in [0.15, 0.2) is 30.5 Å². The SMILES string of the molecule is Cc1nc(N[C@H]2CC[C@@H](CNCc3cn(C)c4ccccc34)CC2)nc(N)c1C. The Hall–Kier alpha value is -2.60. The zero-order chi connectivity index (χ0) is 20.4. The molecule has 0 bridgehead atoms. The molecule has 0 saturated heterocycles. The minimum absolute atomic E-state index is 0.436. The summed E-state index contributed by atoms with van der Waals surface area (Å²) in [5.74, 6) is 1.98. The Morgan fingerprint density at radius 3 is 2.62 bits per heavy atom. The van der Waals surface area contributed by atoms with Crippen molar-refractivity contribution in [1.82, 2.24) is 19.9 Å². The Morgan fingerprint density at radius 2 is 1.86 bits per heavy atom. The minimum atomic E-state index is 0.436. The molecule has 29 heavy (non-hydrogen) atoms. The van der Waals surface area contributed by atoms with E-state index < -0.39 is 0 Å². The van der Waals surface area contributed by atoms with E-state index in [-0.39, 0.29) is 0 Å². The summed E-state index contributed by atoms with van der Waals surface area (Å²) in [5.41, 5.74) is 10.6. The number of hydrogen-bond donors (Lipinski definition) is 3. The fourth-order valence-corrected chi connectivity index (χ4v) is 4.39. The van der Waals surface area contributed by atoms with Gasteiger partial charge in [-0.15, -0.1) is 0 Å². The third kappa shape index (κ3) is 4.37. The van der Waals surface area contributed by atoms with Crippen LogP contribution < -0.4 is 16.4 Å². The zero-order valence-electron chi connectivity index (χ0n) is 17.7. The van der Waals surface area contributed by atoms with Gasteiger partial charge >= 0.3 is 0 Å². The lowest BCUT2D eigenvalue weighted by Gasteiger charge is -2.29. The smallest absolute Gasteiger partial charge is 0.225 e. The van der Waals surface area contributed by atoms with Gasteiger partial charge in [0.2, 0.25) is 5.95 Å². The number of rotatable bonds is 6. The van der Waals surface area contributed by atoms with Gasteiger partial charge in [-0.25, -0.2) is 4.98 Å². The number of nitrogens with zero attached hydrogens (tertiary/aromatic N) is 3. The van der Waals surface area contributed by atoms with Gasteiger partial charge in [0.05, 0.1) is 0 Å².